The second-order valence-electron chi connectivity index (χ2n) is 5.01. The maximum Gasteiger partial charge on any atom is 0.239 e. The fourth-order valence-corrected chi connectivity index (χ4v) is 2.65. The van der Waals surface area contributed by atoms with Crippen molar-refractivity contribution in [2.24, 2.45) is 11.7 Å². The number of carbonyl (C=O) groups excluding carboxylic acids is 1. The molecule has 0 aromatic carbocycles. The Morgan fingerprint density at radius 1 is 1.47 bits per heavy atom. The van der Waals surface area contributed by atoms with Crippen LogP contribution in [-0.4, -0.2) is 29.9 Å². The van der Waals surface area contributed by atoms with E-state index in [2.05, 4.69) is 6.58 Å². The molecule has 0 spiro atoms. The van der Waals surface area contributed by atoms with Crippen LogP contribution in [0.4, 0.5) is 0 Å². The molecule has 1 unspecified atom stereocenters. The van der Waals surface area contributed by atoms with Gasteiger partial charge >= 0.3 is 0 Å². The Bertz CT molecular complexity index is 247. The second-order valence-corrected chi connectivity index (χ2v) is 5.01. The van der Waals surface area contributed by atoms with Crippen LogP contribution in [0.25, 0.3) is 0 Å². The van der Waals surface area contributed by atoms with Gasteiger partial charge in [-0.05, 0) is 19.3 Å². The Balaban J connectivity index is 2.41. The lowest BCUT2D eigenvalue weighted by Gasteiger charge is -2.27. The fourth-order valence-electron chi connectivity index (χ4n) is 2.65. The smallest absolute Gasteiger partial charge is 0.239 e. The first-order valence-electron chi connectivity index (χ1n) is 6.84. The van der Waals surface area contributed by atoms with E-state index in [0.717, 1.165) is 6.42 Å². The third-order valence-electron chi connectivity index (χ3n) is 3.67. The summed E-state index contributed by atoms with van der Waals surface area (Å²) >= 11 is 0. The Morgan fingerprint density at radius 2 is 2.12 bits per heavy atom. The molecule has 1 saturated carbocycles. The number of hydrogen-bond donors (Lipinski definition) is 1. The Labute approximate surface area is 105 Å². The Hall–Kier alpha value is -0.830. The van der Waals surface area contributed by atoms with Crippen molar-refractivity contribution in [2.45, 2.75) is 51.5 Å². The predicted molar refractivity (Wildman–Crippen MR) is 71.6 cm³/mol. The van der Waals surface area contributed by atoms with Gasteiger partial charge < -0.3 is 10.6 Å². The van der Waals surface area contributed by atoms with Crippen molar-refractivity contribution in [3.8, 4) is 0 Å². The fraction of sp³-hybridized carbons (Fsp3) is 0.786. The number of carbonyl (C=O) groups is 1. The summed E-state index contributed by atoms with van der Waals surface area (Å²) in [6.07, 6.45) is 9.05. The molecule has 2 N–H and O–H groups in total. The topological polar surface area (TPSA) is 46.3 Å². The summed E-state index contributed by atoms with van der Waals surface area (Å²) in [5.74, 6) is 0.739. The minimum absolute atomic E-state index is 0.0815. The highest BCUT2D eigenvalue weighted by Crippen LogP contribution is 2.27. The Kier molecular flexibility index (Phi) is 6.27. The van der Waals surface area contributed by atoms with Crippen LogP contribution in [0.5, 0.6) is 0 Å². The summed E-state index contributed by atoms with van der Waals surface area (Å²) in [5, 5.41) is 0. The van der Waals surface area contributed by atoms with E-state index < -0.39 is 0 Å². The summed E-state index contributed by atoms with van der Waals surface area (Å²) in [6, 6.07) is -0.321. The van der Waals surface area contributed by atoms with Crippen LogP contribution in [0, 0.1) is 5.92 Å². The maximum atomic E-state index is 12.1. The molecule has 0 radical (unpaired) electrons. The number of rotatable bonds is 6. The van der Waals surface area contributed by atoms with E-state index in [0.29, 0.717) is 19.0 Å². The lowest BCUT2D eigenvalue weighted by molar-refractivity contribution is -0.132. The maximum absolute atomic E-state index is 12.1. The van der Waals surface area contributed by atoms with Crippen molar-refractivity contribution in [1.82, 2.24) is 4.90 Å². The molecule has 1 atom stereocenters. The molecule has 0 aromatic rings. The minimum Gasteiger partial charge on any atom is -0.338 e. The molecule has 3 nitrogen and oxygen atoms in total. The minimum atomic E-state index is -0.321. The molecule has 0 bridgehead atoms. The number of amides is 1. The first-order valence-corrected chi connectivity index (χ1v) is 6.84. The van der Waals surface area contributed by atoms with E-state index in [1.807, 2.05) is 6.92 Å². The van der Waals surface area contributed by atoms with Crippen molar-refractivity contribution >= 4 is 5.91 Å². The molecule has 0 saturated heterocycles. The van der Waals surface area contributed by atoms with Crippen molar-refractivity contribution < 1.29 is 4.79 Å². The molecule has 0 heterocycles. The largest absolute Gasteiger partial charge is 0.338 e. The first kappa shape index (κ1) is 14.2. The molecule has 98 valence electrons. The first-order chi connectivity index (χ1) is 8.19. The van der Waals surface area contributed by atoms with Crippen LogP contribution in [0.2, 0.25) is 0 Å². The van der Waals surface area contributed by atoms with E-state index in [-0.39, 0.29) is 11.9 Å². The van der Waals surface area contributed by atoms with Crippen LogP contribution < -0.4 is 5.73 Å². The van der Waals surface area contributed by atoms with E-state index in [1.165, 1.54) is 32.1 Å². The summed E-state index contributed by atoms with van der Waals surface area (Å²) in [4.78, 5) is 13.9. The third-order valence-corrected chi connectivity index (χ3v) is 3.67. The van der Waals surface area contributed by atoms with Gasteiger partial charge in [-0.15, -0.1) is 6.58 Å². The quantitative estimate of drug-likeness (QED) is 0.722. The lowest BCUT2D eigenvalue weighted by atomic mass is 9.85. The van der Waals surface area contributed by atoms with Crippen LogP contribution >= 0.6 is 0 Å². The highest BCUT2D eigenvalue weighted by Gasteiger charge is 2.23. The van der Waals surface area contributed by atoms with Crippen molar-refractivity contribution in [2.75, 3.05) is 13.1 Å². The summed E-state index contributed by atoms with van der Waals surface area (Å²) in [5.41, 5.74) is 6.03. The van der Waals surface area contributed by atoms with E-state index in [9.17, 15) is 4.79 Å². The molecule has 3 heteroatoms. The SMILES string of the molecule is C=CCN(CC)C(=O)C(N)CC1CCCCC1. The van der Waals surface area contributed by atoms with Gasteiger partial charge in [-0.25, -0.2) is 0 Å². The lowest BCUT2D eigenvalue weighted by Crippen LogP contribution is -2.44. The van der Waals surface area contributed by atoms with Gasteiger partial charge in [0.15, 0.2) is 0 Å². The van der Waals surface area contributed by atoms with Gasteiger partial charge in [0.05, 0.1) is 6.04 Å². The summed E-state index contributed by atoms with van der Waals surface area (Å²) in [7, 11) is 0. The van der Waals surface area contributed by atoms with Crippen LogP contribution in [0.3, 0.4) is 0 Å². The van der Waals surface area contributed by atoms with Crippen LogP contribution in [0.1, 0.15) is 45.4 Å². The summed E-state index contributed by atoms with van der Waals surface area (Å²) < 4.78 is 0. The van der Waals surface area contributed by atoms with Gasteiger partial charge in [0.1, 0.15) is 0 Å². The highest BCUT2D eigenvalue weighted by molar-refractivity contribution is 5.81. The highest BCUT2D eigenvalue weighted by atomic mass is 16.2. The average molecular weight is 238 g/mol. The zero-order chi connectivity index (χ0) is 12.7. The molecule has 1 fully saturated rings. The monoisotopic (exact) mass is 238 g/mol. The van der Waals surface area contributed by atoms with Crippen molar-refractivity contribution in [3.05, 3.63) is 12.7 Å². The van der Waals surface area contributed by atoms with Crippen LogP contribution in [-0.2, 0) is 4.79 Å². The zero-order valence-electron chi connectivity index (χ0n) is 11.0. The normalized spacial score (nSPS) is 18.7. The van der Waals surface area contributed by atoms with Gasteiger partial charge in [0, 0.05) is 13.1 Å². The summed E-state index contributed by atoms with van der Waals surface area (Å²) in [6.45, 7) is 6.97. The van der Waals surface area contributed by atoms with E-state index in [1.54, 1.807) is 11.0 Å². The molecule has 1 aliphatic carbocycles. The molecule has 17 heavy (non-hydrogen) atoms. The molecule has 1 aliphatic rings. The van der Waals surface area contributed by atoms with Crippen molar-refractivity contribution in [1.29, 1.82) is 0 Å². The van der Waals surface area contributed by atoms with Crippen LogP contribution in [0.15, 0.2) is 12.7 Å². The van der Waals surface area contributed by atoms with Crippen molar-refractivity contribution in [3.63, 3.8) is 0 Å². The standard InChI is InChI=1S/C14H26N2O/c1-3-10-16(4-2)14(17)13(15)11-12-8-6-5-7-9-12/h3,12-13H,1,4-11,15H2,2H3. The van der Waals surface area contributed by atoms with Gasteiger partial charge in [-0.2, -0.15) is 0 Å². The van der Waals surface area contributed by atoms with E-state index in [4.69, 9.17) is 5.73 Å². The second kappa shape index (κ2) is 7.49. The molecular weight excluding hydrogens is 212 g/mol. The zero-order valence-corrected chi connectivity index (χ0v) is 11.0. The van der Waals surface area contributed by atoms with Gasteiger partial charge in [-0.3, -0.25) is 4.79 Å². The third kappa shape index (κ3) is 4.50. The number of hydrogen-bond acceptors (Lipinski definition) is 2. The number of nitrogens with zero attached hydrogens (tertiary/aromatic N) is 1. The molecule has 1 rings (SSSR count). The van der Waals surface area contributed by atoms with Gasteiger partial charge in [0.2, 0.25) is 5.91 Å². The van der Waals surface area contributed by atoms with Gasteiger partial charge in [-0.1, -0.05) is 38.2 Å². The molecule has 0 aliphatic heterocycles. The number of likely N-dealkylation sites (N-methyl/N-ethyl adjacent to an activating group) is 1. The predicted octanol–water partition coefficient (Wildman–Crippen LogP) is 2.32. The molecule has 1 amide bonds. The van der Waals surface area contributed by atoms with Gasteiger partial charge in [0.25, 0.3) is 0 Å². The Morgan fingerprint density at radius 3 is 2.65 bits per heavy atom. The molecular formula is C14H26N2O. The average Bonchev–Trinajstić information content (AvgIpc) is 2.36. The van der Waals surface area contributed by atoms with E-state index >= 15 is 0 Å². The molecule has 0 aromatic heterocycles. The number of nitrogens with two attached hydrogens (primary N) is 1.